The maximum atomic E-state index is 10.8. The van der Waals surface area contributed by atoms with Gasteiger partial charge < -0.3 is 5.32 Å². The Kier molecular flexibility index (Phi) is 4.77. The molecule has 104 valence electrons. The third-order valence-electron chi connectivity index (χ3n) is 2.90. The van der Waals surface area contributed by atoms with E-state index >= 15 is 0 Å². The van der Waals surface area contributed by atoms with Crippen molar-refractivity contribution in [1.29, 1.82) is 0 Å². The lowest BCUT2D eigenvalue weighted by Gasteiger charge is -2.18. The van der Waals surface area contributed by atoms with Gasteiger partial charge >= 0.3 is 0 Å². The summed E-state index contributed by atoms with van der Waals surface area (Å²) in [5, 5.41) is 14.1. The number of hydrogen-bond donors (Lipinski definition) is 1. The summed E-state index contributed by atoms with van der Waals surface area (Å²) >= 11 is 6.91. The van der Waals surface area contributed by atoms with E-state index in [1.54, 1.807) is 6.07 Å². The molecule has 1 atom stereocenters. The number of rotatable bonds is 4. The van der Waals surface area contributed by atoms with Crippen LogP contribution in [0, 0.1) is 10.1 Å². The Morgan fingerprint density at radius 3 is 2.50 bits per heavy atom. The predicted molar refractivity (Wildman–Crippen MR) is 87.0 cm³/mol. The minimum Gasteiger partial charge on any atom is -0.377 e. The topological polar surface area (TPSA) is 55.2 Å². The van der Waals surface area contributed by atoms with Crippen molar-refractivity contribution in [1.82, 2.24) is 0 Å². The van der Waals surface area contributed by atoms with Gasteiger partial charge in [-0.15, -0.1) is 0 Å². The fourth-order valence-electron chi connectivity index (χ4n) is 1.87. The summed E-state index contributed by atoms with van der Waals surface area (Å²) in [7, 11) is 0. The molecule has 2 aromatic carbocycles. The van der Waals surface area contributed by atoms with Gasteiger partial charge in [-0.3, -0.25) is 10.1 Å². The van der Waals surface area contributed by atoms with Crippen molar-refractivity contribution in [2.75, 3.05) is 5.32 Å². The van der Waals surface area contributed by atoms with E-state index in [1.165, 1.54) is 12.1 Å². The van der Waals surface area contributed by atoms with E-state index in [1.807, 2.05) is 31.2 Å². The number of benzene rings is 2. The number of non-ortho nitro benzene ring substituents is 1. The van der Waals surface area contributed by atoms with E-state index in [-0.39, 0.29) is 11.7 Å². The number of hydrogen-bond acceptors (Lipinski definition) is 3. The van der Waals surface area contributed by atoms with Crippen LogP contribution in [0.4, 0.5) is 11.4 Å². The van der Waals surface area contributed by atoms with Gasteiger partial charge in [0.1, 0.15) is 0 Å². The van der Waals surface area contributed by atoms with Gasteiger partial charge in [-0.05, 0) is 40.5 Å². The molecular weight excluding hydrogens is 388 g/mol. The Morgan fingerprint density at radius 2 is 1.85 bits per heavy atom. The Balaban J connectivity index is 2.28. The normalized spacial score (nSPS) is 11.9. The molecule has 2 aromatic rings. The van der Waals surface area contributed by atoms with E-state index in [0.717, 1.165) is 14.5 Å². The number of halogens is 2. The summed E-state index contributed by atoms with van der Waals surface area (Å²) in [4.78, 5) is 10.4. The van der Waals surface area contributed by atoms with Gasteiger partial charge in [0.25, 0.3) is 5.69 Å². The summed E-state index contributed by atoms with van der Waals surface area (Å²) < 4.78 is 1.79. The van der Waals surface area contributed by atoms with Gasteiger partial charge in [-0.1, -0.05) is 34.1 Å². The van der Waals surface area contributed by atoms with Crippen molar-refractivity contribution >= 4 is 43.2 Å². The fourth-order valence-corrected chi connectivity index (χ4v) is 2.86. The van der Waals surface area contributed by atoms with Crippen molar-refractivity contribution < 1.29 is 4.92 Å². The SMILES string of the molecule is CC(Nc1cc([N+](=O)[O-])ccc1Br)c1ccccc1Br. The lowest BCUT2D eigenvalue weighted by molar-refractivity contribution is -0.384. The number of nitrogens with zero attached hydrogens (tertiary/aromatic N) is 1. The van der Waals surface area contributed by atoms with Crippen LogP contribution >= 0.6 is 31.9 Å². The van der Waals surface area contributed by atoms with Crippen molar-refractivity contribution in [3.63, 3.8) is 0 Å². The molecule has 0 aliphatic rings. The number of nitro benzene ring substituents is 1. The molecule has 0 amide bonds. The van der Waals surface area contributed by atoms with Crippen molar-refractivity contribution in [3.8, 4) is 0 Å². The highest BCUT2D eigenvalue weighted by molar-refractivity contribution is 9.11. The maximum Gasteiger partial charge on any atom is 0.271 e. The Hall–Kier alpha value is -1.40. The first-order valence-corrected chi connectivity index (χ1v) is 7.52. The predicted octanol–water partition coefficient (Wildman–Crippen LogP) is 5.29. The Morgan fingerprint density at radius 1 is 1.15 bits per heavy atom. The summed E-state index contributed by atoms with van der Waals surface area (Å²) in [6.07, 6.45) is 0. The second-order valence-electron chi connectivity index (χ2n) is 4.31. The summed E-state index contributed by atoms with van der Waals surface area (Å²) in [5.41, 5.74) is 1.85. The van der Waals surface area contributed by atoms with Crippen LogP contribution in [0.5, 0.6) is 0 Å². The van der Waals surface area contributed by atoms with Crippen LogP contribution < -0.4 is 5.32 Å². The molecule has 0 aromatic heterocycles. The first-order chi connectivity index (χ1) is 9.49. The molecular formula is C14H12Br2N2O2. The molecule has 0 aliphatic carbocycles. The fraction of sp³-hybridized carbons (Fsp3) is 0.143. The maximum absolute atomic E-state index is 10.8. The minimum atomic E-state index is -0.402. The molecule has 0 bridgehead atoms. The molecule has 0 fully saturated rings. The monoisotopic (exact) mass is 398 g/mol. The summed E-state index contributed by atoms with van der Waals surface area (Å²) in [5.74, 6) is 0. The van der Waals surface area contributed by atoms with E-state index in [9.17, 15) is 10.1 Å². The van der Waals surface area contributed by atoms with Gasteiger partial charge in [0.05, 0.1) is 10.6 Å². The van der Waals surface area contributed by atoms with E-state index in [4.69, 9.17) is 0 Å². The molecule has 1 unspecified atom stereocenters. The van der Waals surface area contributed by atoms with Crippen LogP contribution in [0.3, 0.4) is 0 Å². The highest BCUT2D eigenvalue weighted by Gasteiger charge is 2.13. The van der Waals surface area contributed by atoms with Gasteiger partial charge in [0, 0.05) is 27.1 Å². The van der Waals surface area contributed by atoms with Crippen molar-refractivity contribution in [2.45, 2.75) is 13.0 Å². The zero-order valence-corrected chi connectivity index (χ0v) is 13.8. The van der Waals surface area contributed by atoms with Gasteiger partial charge in [-0.25, -0.2) is 0 Å². The smallest absolute Gasteiger partial charge is 0.271 e. The highest BCUT2D eigenvalue weighted by Crippen LogP contribution is 2.32. The molecule has 0 saturated carbocycles. The Labute approximate surface area is 133 Å². The molecule has 1 N–H and O–H groups in total. The molecule has 0 radical (unpaired) electrons. The molecule has 0 saturated heterocycles. The number of anilines is 1. The van der Waals surface area contributed by atoms with Crippen LogP contribution in [0.2, 0.25) is 0 Å². The van der Waals surface area contributed by atoms with Crippen LogP contribution in [0.1, 0.15) is 18.5 Å². The minimum absolute atomic E-state index is 0.0175. The second-order valence-corrected chi connectivity index (χ2v) is 6.02. The second kappa shape index (κ2) is 6.37. The zero-order valence-electron chi connectivity index (χ0n) is 10.6. The molecule has 0 spiro atoms. The highest BCUT2D eigenvalue weighted by atomic mass is 79.9. The third-order valence-corrected chi connectivity index (χ3v) is 4.32. The van der Waals surface area contributed by atoms with E-state index in [0.29, 0.717) is 5.69 Å². The average Bonchev–Trinajstić information content (AvgIpc) is 2.41. The lowest BCUT2D eigenvalue weighted by Crippen LogP contribution is -2.08. The standard InChI is InChI=1S/C14H12Br2N2O2/c1-9(11-4-2-3-5-12(11)15)17-14-8-10(18(19)20)6-7-13(14)16/h2-9,17H,1H3. The van der Waals surface area contributed by atoms with Crippen LogP contribution in [-0.4, -0.2) is 4.92 Å². The first kappa shape index (κ1) is 15.0. The van der Waals surface area contributed by atoms with Crippen LogP contribution in [0.15, 0.2) is 51.4 Å². The first-order valence-electron chi connectivity index (χ1n) is 5.94. The Bertz CT molecular complexity index is 647. The third kappa shape index (κ3) is 3.37. The average molecular weight is 400 g/mol. The quantitative estimate of drug-likeness (QED) is 0.561. The molecule has 20 heavy (non-hydrogen) atoms. The summed E-state index contributed by atoms with van der Waals surface area (Å²) in [6, 6.07) is 12.6. The molecule has 4 nitrogen and oxygen atoms in total. The molecule has 2 rings (SSSR count). The van der Waals surface area contributed by atoms with Crippen molar-refractivity contribution in [2.24, 2.45) is 0 Å². The molecule has 6 heteroatoms. The summed E-state index contributed by atoms with van der Waals surface area (Å²) in [6.45, 7) is 2.01. The largest absolute Gasteiger partial charge is 0.377 e. The van der Waals surface area contributed by atoms with Crippen LogP contribution in [-0.2, 0) is 0 Å². The van der Waals surface area contributed by atoms with Crippen LogP contribution in [0.25, 0.3) is 0 Å². The molecule has 0 aliphatic heterocycles. The van der Waals surface area contributed by atoms with Crippen molar-refractivity contribution in [3.05, 3.63) is 67.1 Å². The lowest BCUT2D eigenvalue weighted by atomic mass is 10.1. The zero-order chi connectivity index (χ0) is 14.7. The number of nitrogens with one attached hydrogen (secondary N) is 1. The van der Waals surface area contributed by atoms with E-state index in [2.05, 4.69) is 37.2 Å². The number of nitro groups is 1. The molecule has 0 heterocycles. The van der Waals surface area contributed by atoms with Gasteiger partial charge in [0.2, 0.25) is 0 Å². The van der Waals surface area contributed by atoms with E-state index < -0.39 is 4.92 Å². The van der Waals surface area contributed by atoms with Gasteiger partial charge in [-0.2, -0.15) is 0 Å². The van der Waals surface area contributed by atoms with Gasteiger partial charge in [0.15, 0.2) is 0 Å².